The molecule has 5 heteroatoms. The van der Waals surface area contributed by atoms with Crippen molar-refractivity contribution in [2.45, 2.75) is 0 Å². The predicted octanol–water partition coefficient (Wildman–Crippen LogP) is 6.03. The summed E-state index contributed by atoms with van der Waals surface area (Å²) >= 11 is 0. The van der Waals surface area contributed by atoms with Gasteiger partial charge in [-0.15, -0.1) is 0 Å². The summed E-state index contributed by atoms with van der Waals surface area (Å²) in [5.74, 6) is -0.181. The molecule has 32 heavy (non-hydrogen) atoms. The largest absolute Gasteiger partial charge is 0.438 e. The third kappa shape index (κ3) is 4.18. The Bertz CT molecular complexity index is 1360. The number of nitriles is 2. The minimum Gasteiger partial charge on any atom is -0.438 e. The smallest absolute Gasteiger partial charge is 0.268 e. The molecule has 0 aliphatic rings. The molecule has 0 saturated carbocycles. The topological polar surface area (TPSA) is 89.8 Å². The molecule has 1 heterocycles. The summed E-state index contributed by atoms with van der Waals surface area (Å²) in [6.45, 7) is 0. The van der Waals surface area contributed by atoms with Crippen molar-refractivity contribution in [3.8, 4) is 34.6 Å². The van der Waals surface area contributed by atoms with E-state index in [1.807, 2.05) is 84.9 Å². The number of rotatable bonds is 5. The van der Waals surface area contributed by atoms with Gasteiger partial charge in [-0.25, -0.2) is 0 Å². The molecule has 0 unspecified atom stereocenters. The van der Waals surface area contributed by atoms with Crippen LogP contribution >= 0.6 is 0 Å². The third-order valence-corrected chi connectivity index (χ3v) is 4.82. The average molecular weight is 415 g/mol. The minimum absolute atomic E-state index is 0.00409. The lowest BCUT2D eigenvalue weighted by atomic mass is 9.98. The molecule has 4 rings (SSSR count). The molecule has 3 aromatic carbocycles. The molecule has 0 aliphatic carbocycles. The van der Waals surface area contributed by atoms with Crippen LogP contribution in [0.3, 0.4) is 0 Å². The summed E-state index contributed by atoms with van der Waals surface area (Å²) < 4.78 is 6.00. The fourth-order valence-electron chi connectivity index (χ4n) is 3.33. The quantitative estimate of drug-likeness (QED) is 0.318. The first-order valence-corrected chi connectivity index (χ1v) is 9.87. The summed E-state index contributed by atoms with van der Waals surface area (Å²) in [5.41, 5.74) is 2.95. The molecule has 0 atom stereocenters. The standard InChI is InChI=1S/C27H17N3O2/c28-17-22(16-19-10-4-1-5-11-19)26(31)30-27-23(18-29)24(20-12-6-2-7-13-20)25(32-27)21-14-8-3-9-15-21/h1-16H,(H,30,31)/b22-16+. The first kappa shape index (κ1) is 20.4. The van der Waals surface area contributed by atoms with E-state index in [1.54, 1.807) is 12.1 Å². The maximum absolute atomic E-state index is 12.8. The second-order valence-corrected chi connectivity index (χ2v) is 6.89. The molecule has 0 saturated heterocycles. The number of nitrogens with one attached hydrogen (secondary N) is 1. The van der Waals surface area contributed by atoms with E-state index >= 15 is 0 Å². The van der Waals surface area contributed by atoms with E-state index in [0.717, 1.165) is 11.1 Å². The van der Waals surface area contributed by atoms with Gasteiger partial charge in [-0.3, -0.25) is 10.1 Å². The van der Waals surface area contributed by atoms with Gasteiger partial charge in [-0.2, -0.15) is 10.5 Å². The highest BCUT2D eigenvalue weighted by Crippen LogP contribution is 2.41. The van der Waals surface area contributed by atoms with Crippen molar-refractivity contribution in [2.24, 2.45) is 0 Å². The van der Waals surface area contributed by atoms with Crippen LogP contribution in [-0.4, -0.2) is 5.91 Å². The lowest BCUT2D eigenvalue weighted by Gasteiger charge is -2.03. The predicted molar refractivity (Wildman–Crippen MR) is 123 cm³/mol. The highest BCUT2D eigenvalue weighted by atomic mass is 16.4. The molecule has 152 valence electrons. The van der Waals surface area contributed by atoms with E-state index in [4.69, 9.17) is 4.42 Å². The molecule has 0 aliphatic heterocycles. The lowest BCUT2D eigenvalue weighted by molar-refractivity contribution is -0.112. The summed E-state index contributed by atoms with van der Waals surface area (Å²) in [7, 11) is 0. The molecule has 1 aromatic heterocycles. The van der Waals surface area contributed by atoms with Crippen LogP contribution in [0.2, 0.25) is 0 Å². The Kier molecular flexibility index (Phi) is 5.93. The fraction of sp³-hybridized carbons (Fsp3) is 0. The van der Waals surface area contributed by atoms with Gasteiger partial charge in [0, 0.05) is 11.1 Å². The van der Waals surface area contributed by atoms with Crippen molar-refractivity contribution in [1.29, 1.82) is 10.5 Å². The SMILES string of the molecule is N#C/C(=C\c1ccccc1)C(=O)Nc1oc(-c2ccccc2)c(-c2ccccc2)c1C#N. The summed E-state index contributed by atoms with van der Waals surface area (Å²) in [4.78, 5) is 12.8. The van der Waals surface area contributed by atoms with Crippen LogP contribution in [0, 0.1) is 22.7 Å². The Hall–Kier alpha value is -4.87. The van der Waals surface area contributed by atoms with Crippen LogP contribution in [0.5, 0.6) is 0 Å². The molecule has 5 nitrogen and oxygen atoms in total. The first-order valence-electron chi connectivity index (χ1n) is 9.87. The Balaban J connectivity index is 1.79. The second-order valence-electron chi connectivity index (χ2n) is 6.89. The number of amides is 1. The van der Waals surface area contributed by atoms with Gasteiger partial charge < -0.3 is 4.42 Å². The molecular weight excluding hydrogens is 398 g/mol. The van der Waals surface area contributed by atoms with Gasteiger partial charge in [0.2, 0.25) is 5.88 Å². The minimum atomic E-state index is -0.652. The third-order valence-electron chi connectivity index (χ3n) is 4.82. The number of carbonyl (C=O) groups is 1. The molecule has 1 N–H and O–H groups in total. The molecule has 0 spiro atoms. The van der Waals surface area contributed by atoms with Crippen LogP contribution in [0.25, 0.3) is 28.5 Å². The Morgan fingerprint density at radius 1 is 0.812 bits per heavy atom. The van der Waals surface area contributed by atoms with Crippen molar-refractivity contribution in [3.05, 3.63) is 108 Å². The van der Waals surface area contributed by atoms with Crippen molar-refractivity contribution >= 4 is 17.9 Å². The number of anilines is 1. The number of nitrogens with zero attached hydrogens (tertiary/aromatic N) is 2. The zero-order valence-electron chi connectivity index (χ0n) is 16.9. The van der Waals surface area contributed by atoms with E-state index in [9.17, 15) is 15.3 Å². The van der Waals surface area contributed by atoms with Crippen LogP contribution in [-0.2, 0) is 4.79 Å². The average Bonchev–Trinajstić information content (AvgIpc) is 3.22. The fourth-order valence-corrected chi connectivity index (χ4v) is 3.33. The molecule has 0 fully saturated rings. The van der Waals surface area contributed by atoms with Crippen LogP contribution in [0.1, 0.15) is 11.1 Å². The number of carbonyl (C=O) groups excluding carboxylic acids is 1. The van der Waals surface area contributed by atoms with Gasteiger partial charge in [0.15, 0.2) is 0 Å². The van der Waals surface area contributed by atoms with Crippen molar-refractivity contribution in [3.63, 3.8) is 0 Å². The number of hydrogen-bond acceptors (Lipinski definition) is 4. The summed E-state index contributed by atoms with van der Waals surface area (Å²) in [5, 5.41) is 22.0. The monoisotopic (exact) mass is 415 g/mol. The molecule has 0 bridgehead atoms. The molecule has 4 aromatic rings. The molecule has 1 amide bonds. The summed E-state index contributed by atoms with van der Waals surface area (Å²) in [6.07, 6.45) is 1.49. The van der Waals surface area contributed by atoms with Crippen molar-refractivity contribution in [2.75, 3.05) is 5.32 Å². The normalized spacial score (nSPS) is 10.8. The lowest BCUT2D eigenvalue weighted by Crippen LogP contribution is -2.13. The van der Waals surface area contributed by atoms with E-state index in [0.29, 0.717) is 16.9 Å². The van der Waals surface area contributed by atoms with Gasteiger partial charge >= 0.3 is 0 Å². The Morgan fingerprint density at radius 3 is 1.94 bits per heavy atom. The number of benzene rings is 3. The van der Waals surface area contributed by atoms with E-state index in [2.05, 4.69) is 11.4 Å². The Labute approximate surface area is 185 Å². The van der Waals surface area contributed by atoms with Gasteiger partial charge in [0.05, 0.1) is 0 Å². The highest BCUT2D eigenvalue weighted by molar-refractivity contribution is 6.10. The maximum Gasteiger partial charge on any atom is 0.268 e. The van der Waals surface area contributed by atoms with E-state index in [-0.39, 0.29) is 17.0 Å². The summed E-state index contributed by atoms with van der Waals surface area (Å²) in [6, 6.07) is 31.9. The first-order chi connectivity index (χ1) is 15.7. The molecule has 0 radical (unpaired) electrons. The number of furan rings is 1. The van der Waals surface area contributed by atoms with Gasteiger partial charge in [0.25, 0.3) is 5.91 Å². The van der Waals surface area contributed by atoms with Gasteiger partial charge in [-0.05, 0) is 17.2 Å². The highest BCUT2D eigenvalue weighted by Gasteiger charge is 2.25. The van der Waals surface area contributed by atoms with Crippen LogP contribution < -0.4 is 5.32 Å². The van der Waals surface area contributed by atoms with E-state index in [1.165, 1.54) is 6.08 Å². The Morgan fingerprint density at radius 2 is 1.38 bits per heavy atom. The van der Waals surface area contributed by atoms with Crippen molar-refractivity contribution < 1.29 is 9.21 Å². The van der Waals surface area contributed by atoms with Crippen molar-refractivity contribution in [1.82, 2.24) is 0 Å². The number of hydrogen-bond donors (Lipinski definition) is 1. The zero-order valence-corrected chi connectivity index (χ0v) is 16.9. The maximum atomic E-state index is 12.8. The van der Waals surface area contributed by atoms with Gasteiger partial charge in [-0.1, -0.05) is 91.0 Å². The molecular formula is C27H17N3O2. The zero-order chi connectivity index (χ0) is 22.3. The van der Waals surface area contributed by atoms with E-state index < -0.39 is 5.91 Å². The van der Waals surface area contributed by atoms with Gasteiger partial charge in [0.1, 0.15) is 29.0 Å². The van der Waals surface area contributed by atoms with Crippen LogP contribution in [0.15, 0.2) is 101 Å². The second kappa shape index (κ2) is 9.30. The van der Waals surface area contributed by atoms with Crippen LogP contribution in [0.4, 0.5) is 5.88 Å².